The van der Waals surface area contributed by atoms with Crippen LogP contribution in [0.1, 0.15) is 12.8 Å². The number of imidazole rings is 1. The van der Waals surface area contributed by atoms with E-state index in [2.05, 4.69) is 10.3 Å². The monoisotopic (exact) mass is 314 g/mol. The van der Waals surface area contributed by atoms with Crippen molar-refractivity contribution in [3.8, 4) is 0 Å². The third-order valence-corrected chi connectivity index (χ3v) is 5.28. The molecule has 1 N–H and O–H groups in total. The van der Waals surface area contributed by atoms with Crippen molar-refractivity contribution in [1.29, 1.82) is 0 Å². The summed E-state index contributed by atoms with van der Waals surface area (Å²) in [4.78, 5) is 18.8. The first-order valence-corrected chi connectivity index (χ1v) is 8.15. The summed E-state index contributed by atoms with van der Waals surface area (Å²) in [5.41, 5.74) is 2.74. The number of benzene rings is 1. The zero-order valence-corrected chi connectivity index (χ0v) is 13.5. The number of nitrogens with one attached hydrogen (secondary N) is 1. The van der Waals surface area contributed by atoms with Gasteiger partial charge in [-0.2, -0.15) is 0 Å². The fourth-order valence-corrected chi connectivity index (χ4v) is 4.14. The average Bonchev–Trinajstić information content (AvgIpc) is 3.03. The predicted octanol–water partition coefficient (Wildman–Crippen LogP) is 2.46. The molecular formula is C17H22N4O2. The second-order valence-corrected chi connectivity index (χ2v) is 6.69. The molecule has 1 saturated heterocycles. The minimum Gasteiger partial charge on any atom is -0.381 e. The Morgan fingerprint density at radius 2 is 2.04 bits per heavy atom. The highest BCUT2D eigenvalue weighted by atomic mass is 16.5. The van der Waals surface area contributed by atoms with Gasteiger partial charge in [0.2, 0.25) is 0 Å². The highest BCUT2D eigenvalue weighted by molar-refractivity contribution is 5.92. The van der Waals surface area contributed by atoms with Crippen LogP contribution in [0.3, 0.4) is 0 Å². The van der Waals surface area contributed by atoms with E-state index < -0.39 is 0 Å². The minimum absolute atomic E-state index is 0.0215. The van der Waals surface area contributed by atoms with Gasteiger partial charge in [-0.1, -0.05) is 0 Å². The molecule has 0 spiro atoms. The second-order valence-electron chi connectivity index (χ2n) is 6.69. The van der Waals surface area contributed by atoms with E-state index in [1.165, 1.54) is 0 Å². The molecule has 23 heavy (non-hydrogen) atoms. The number of anilines is 1. The summed E-state index contributed by atoms with van der Waals surface area (Å²) in [6, 6.07) is 5.81. The van der Waals surface area contributed by atoms with Crippen molar-refractivity contribution < 1.29 is 9.53 Å². The van der Waals surface area contributed by atoms with Gasteiger partial charge < -0.3 is 19.5 Å². The van der Waals surface area contributed by atoms with Crippen molar-refractivity contribution in [2.45, 2.75) is 18.9 Å². The standard InChI is InChI=1S/C17H22N4O2/c1-20-10-18-14-7-13(5-6-15(14)20)19-17(22)21-8-11-3-4-12(9-21)16(11)23-2/h5-7,10-12,16H,3-4,8-9H2,1-2H3,(H,19,22)/t11-,12+,16?. The van der Waals surface area contributed by atoms with Crippen molar-refractivity contribution >= 4 is 22.8 Å². The van der Waals surface area contributed by atoms with Crippen LogP contribution in [0.5, 0.6) is 0 Å². The van der Waals surface area contributed by atoms with Crippen molar-refractivity contribution in [2.75, 3.05) is 25.5 Å². The van der Waals surface area contributed by atoms with Gasteiger partial charge in [0.1, 0.15) is 0 Å². The van der Waals surface area contributed by atoms with E-state index in [1.807, 2.05) is 34.7 Å². The quantitative estimate of drug-likeness (QED) is 0.926. The number of methoxy groups -OCH3 is 1. The molecule has 1 aromatic carbocycles. The predicted molar refractivity (Wildman–Crippen MR) is 88.3 cm³/mol. The molecule has 2 aliphatic rings. The summed E-state index contributed by atoms with van der Waals surface area (Å²) in [6.07, 6.45) is 4.42. The number of likely N-dealkylation sites (tertiary alicyclic amines) is 1. The van der Waals surface area contributed by atoms with E-state index >= 15 is 0 Å². The molecule has 0 radical (unpaired) electrons. The summed E-state index contributed by atoms with van der Waals surface area (Å²) in [6.45, 7) is 1.57. The Labute approximate surface area is 135 Å². The molecule has 2 bridgehead atoms. The van der Waals surface area contributed by atoms with Crippen LogP contribution >= 0.6 is 0 Å². The zero-order valence-electron chi connectivity index (χ0n) is 13.5. The van der Waals surface area contributed by atoms with E-state index in [9.17, 15) is 4.79 Å². The number of hydrogen-bond acceptors (Lipinski definition) is 3. The molecule has 3 atom stereocenters. The number of carbonyl (C=O) groups is 1. The number of urea groups is 1. The first-order chi connectivity index (χ1) is 11.2. The van der Waals surface area contributed by atoms with Crippen LogP contribution in [0.25, 0.3) is 11.0 Å². The Hall–Kier alpha value is -2.08. The number of fused-ring (bicyclic) bond motifs is 3. The number of hydrogen-bond donors (Lipinski definition) is 1. The lowest BCUT2D eigenvalue weighted by molar-refractivity contribution is -0.00364. The molecular weight excluding hydrogens is 292 g/mol. The van der Waals surface area contributed by atoms with Gasteiger partial charge in [-0.3, -0.25) is 0 Å². The van der Waals surface area contributed by atoms with E-state index in [1.54, 1.807) is 13.4 Å². The molecule has 1 aliphatic carbocycles. The molecule has 6 nitrogen and oxygen atoms in total. The van der Waals surface area contributed by atoms with Gasteiger partial charge in [-0.05, 0) is 31.0 Å². The zero-order chi connectivity index (χ0) is 16.0. The average molecular weight is 314 g/mol. The van der Waals surface area contributed by atoms with Crippen LogP contribution < -0.4 is 5.32 Å². The summed E-state index contributed by atoms with van der Waals surface area (Å²) in [5.74, 6) is 0.950. The third kappa shape index (κ3) is 2.47. The number of nitrogens with zero attached hydrogens (tertiary/aromatic N) is 3. The topological polar surface area (TPSA) is 59.4 Å². The first-order valence-electron chi connectivity index (χ1n) is 8.15. The molecule has 2 heterocycles. The largest absolute Gasteiger partial charge is 0.381 e. The Morgan fingerprint density at radius 1 is 1.30 bits per heavy atom. The van der Waals surface area contributed by atoms with Crippen LogP contribution in [-0.4, -0.2) is 46.8 Å². The summed E-state index contributed by atoms with van der Waals surface area (Å²) in [7, 11) is 3.75. The van der Waals surface area contributed by atoms with Crippen molar-refractivity contribution in [1.82, 2.24) is 14.5 Å². The molecule has 1 saturated carbocycles. The highest BCUT2D eigenvalue weighted by Crippen LogP contribution is 2.38. The number of aryl methyl sites for hydroxylation is 1. The lowest BCUT2D eigenvalue weighted by atomic mass is 9.95. The van der Waals surface area contributed by atoms with Crippen LogP contribution in [0, 0.1) is 11.8 Å². The summed E-state index contributed by atoms with van der Waals surface area (Å²) < 4.78 is 7.57. The van der Waals surface area contributed by atoms with E-state index in [4.69, 9.17) is 4.74 Å². The van der Waals surface area contributed by atoms with Gasteiger partial charge in [0.05, 0.1) is 23.5 Å². The number of aromatic nitrogens is 2. The van der Waals surface area contributed by atoms with Crippen LogP contribution in [0.15, 0.2) is 24.5 Å². The first kappa shape index (κ1) is 14.5. The van der Waals surface area contributed by atoms with Gasteiger partial charge in [-0.15, -0.1) is 0 Å². The molecule has 1 unspecified atom stereocenters. The van der Waals surface area contributed by atoms with Gasteiger partial charge in [0.25, 0.3) is 0 Å². The lowest BCUT2D eigenvalue weighted by Gasteiger charge is -2.37. The maximum absolute atomic E-state index is 12.6. The summed E-state index contributed by atoms with van der Waals surface area (Å²) in [5, 5.41) is 3.01. The van der Waals surface area contributed by atoms with Gasteiger partial charge >= 0.3 is 6.03 Å². The Balaban J connectivity index is 1.47. The maximum Gasteiger partial charge on any atom is 0.321 e. The van der Waals surface area contributed by atoms with E-state index in [-0.39, 0.29) is 6.03 Å². The highest BCUT2D eigenvalue weighted by Gasteiger charge is 2.43. The maximum atomic E-state index is 12.6. The molecule has 6 heteroatoms. The van der Waals surface area contributed by atoms with Crippen molar-refractivity contribution in [3.63, 3.8) is 0 Å². The van der Waals surface area contributed by atoms with Gasteiger partial charge in [0, 0.05) is 44.8 Å². The number of ether oxygens (including phenoxy) is 1. The SMILES string of the molecule is COC1[C@@H]2CC[C@H]1CN(C(=O)Nc1ccc3c(c1)ncn3C)C2. The van der Waals surface area contributed by atoms with Crippen LogP contribution in [-0.2, 0) is 11.8 Å². The molecule has 1 aliphatic heterocycles. The normalized spacial score (nSPS) is 26.7. The van der Waals surface area contributed by atoms with Gasteiger partial charge in [0.15, 0.2) is 0 Å². The second kappa shape index (κ2) is 5.53. The smallest absolute Gasteiger partial charge is 0.321 e. The molecule has 2 fully saturated rings. The number of rotatable bonds is 2. The van der Waals surface area contributed by atoms with Crippen molar-refractivity contribution in [2.24, 2.45) is 18.9 Å². The molecule has 2 aromatic rings. The Kier molecular flexibility index (Phi) is 3.49. The van der Waals surface area contributed by atoms with E-state index in [0.29, 0.717) is 17.9 Å². The third-order valence-electron chi connectivity index (χ3n) is 5.28. The summed E-state index contributed by atoms with van der Waals surface area (Å²) >= 11 is 0. The molecule has 4 rings (SSSR count). The Bertz CT molecular complexity index is 727. The van der Waals surface area contributed by atoms with Crippen molar-refractivity contribution in [3.05, 3.63) is 24.5 Å². The molecule has 122 valence electrons. The number of carbonyl (C=O) groups excluding carboxylic acids is 1. The Morgan fingerprint density at radius 3 is 2.74 bits per heavy atom. The van der Waals surface area contributed by atoms with Crippen LogP contribution in [0.4, 0.5) is 10.5 Å². The lowest BCUT2D eigenvalue weighted by Crippen LogP contribution is -2.49. The number of amides is 2. The number of piperidine rings is 1. The molecule has 1 aromatic heterocycles. The molecule has 2 amide bonds. The van der Waals surface area contributed by atoms with Crippen LogP contribution in [0.2, 0.25) is 0 Å². The van der Waals surface area contributed by atoms with Gasteiger partial charge in [-0.25, -0.2) is 9.78 Å². The fraction of sp³-hybridized carbons (Fsp3) is 0.529. The van der Waals surface area contributed by atoms with E-state index in [0.717, 1.165) is 42.7 Å². The fourth-order valence-electron chi connectivity index (χ4n) is 4.14. The minimum atomic E-state index is -0.0215.